The molecule has 0 fully saturated rings. The number of nitrogens with one attached hydrogen (secondary N) is 1. The number of carbonyl (C=O) groups is 1. The molecule has 1 amide bonds. The summed E-state index contributed by atoms with van der Waals surface area (Å²) in [7, 11) is 0. The Balaban J connectivity index is 1.36. The zero-order chi connectivity index (χ0) is 20.1. The summed E-state index contributed by atoms with van der Waals surface area (Å²) in [6.07, 6.45) is 3.71. The number of rotatable bonds is 7. The lowest BCUT2D eigenvalue weighted by Gasteiger charge is -2.10. The van der Waals surface area contributed by atoms with Crippen molar-refractivity contribution in [3.05, 3.63) is 117 Å². The van der Waals surface area contributed by atoms with Crippen molar-refractivity contribution in [3.8, 4) is 0 Å². The Kier molecular flexibility index (Phi) is 5.72. The van der Waals surface area contributed by atoms with Gasteiger partial charge in [0.1, 0.15) is 5.69 Å². The van der Waals surface area contributed by atoms with Gasteiger partial charge in [0.2, 0.25) is 0 Å². The van der Waals surface area contributed by atoms with Gasteiger partial charge in [0, 0.05) is 29.9 Å². The number of thiophene rings is 1. The van der Waals surface area contributed by atoms with Crippen molar-refractivity contribution in [2.24, 2.45) is 0 Å². The maximum atomic E-state index is 12.6. The van der Waals surface area contributed by atoms with E-state index in [4.69, 9.17) is 0 Å². The van der Waals surface area contributed by atoms with Crippen molar-refractivity contribution in [1.29, 1.82) is 0 Å². The van der Waals surface area contributed by atoms with E-state index in [0.717, 1.165) is 11.1 Å². The minimum absolute atomic E-state index is 0.0191. The molecule has 0 aliphatic carbocycles. The van der Waals surface area contributed by atoms with Crippen LogP contribution in [0.2, 0.25) is 0 Å². The summed E-state index contributed by atoms with van der Waals surface area (Å²) in [5.41, 5.74) is 2.69. The number of nitrogens with zero attached hydrogens (tertiary/aromatic N) is 2. The van der Waals surface area contributed by atoms with Gasteiger partial charge in [-0.2, -0.15) is 0 Å². The normalized spacial score (nSPS) is 10.8. The van der Waals surface area contributed by atoms with E-state index in [2.05, 4.69) is 11.4 Å². The monoisotopic (exact) mass is 403 g/mol. The van der Waals surface area contributed by atoms with Gasteiger partial charge in [0.15, 0.2) is 0 Å². The van der Waals surface area contributed by atoms with Gasteiger partial charge in [-0.1, -0.05) is 36.4 Å². The van der Waals surface area contributed by atoms with Crippen LogP contribution in [0.15, 0.2) is 89.3 Å². The maximum absolute atomic E-state index is 12.6. The highest BCUT2D eigenvalue weighted by Crippen LogP contribution is 2.13. The van der Waals surface area contributed by atoms with Gasteiger partial charge in [-0.25, -0.2) is 0 Å². The number of benzene rings is 1. The van der Waals surface area contributed by atoms with Crippen LogP contribution in [0.5, 0.6) is 0 Å². The van der Waals surface area contributed by atoms with Crippen LogP contribution in [0.1, 0.15) is 26.5 Å². The minimum atomic E-state index is -0.0912. The number of aromatic nitrogens is 2. The van der Waals surface area contributed by atoms with E-state index in [0.29, 0.717) is 25.3 Å². The number of amides is 1. The van der Waals surface area contributed by atoms with Gasteiger partial charge >= 0.3 is 0 Å². The smallest absolute Gasteiger partial charge is 0.268 e. The molecule has 0 saturated carbocycles. The Labute approximate surface area is 172 Å². The lowest BCUT2D eigenvalue weighted by Crippen LogP contribution is -2.25. The van der Waals surface area contributed by atoms with Gasteiger partial charge < -0.3 is 14.5 Å². The predicted molar refractivity (Wildman–Crippen MR) is 115 cm³/mol. The molecule has 0 unspecified atom stereocenters. The molecular weight excluding hydrogens is 382 g/mol. The van der Waals surface area contributed by atoms with E-state index >= 15 is 0 Å². The first-order chi connectivity index (χ1) is 14.2. The molecule has 1 N–H and O–H groups in total. The first-order valence-electron chi connectivity index (χ1n) is 9.38. The fourth-order valence-corrected chi connectivity index (χ4v) is 3.85. The van der Waals surface area contributed by atoms with E-state index in [-0.39, 0.29) is 11.5 Å². The Morgan fingerprint density at radius 1 is 0.828 bits per heavy atom. The molecule has 146 valence electrons. The van der Waals surface area contributed by atoms with Crippen LogP contribution in [0.25, 0.3) is 0 Å². The molecule has 0 saturated heterocycles. The lowest BCUT2D eigenvalue weighted by atomic mass is 10.1. The molecule has 3 aromatic heterocycles. The maximum Gasteiger partial charge on any atom is 0.268 e. The average molecular weight is 404 g/mol. The Morgan fingerprint density at radius 2 is 1.62 bits per heavy atom. The van der Waals surface area contributed by atoms with Gasteiger partial charge in [-0.15, -0.1) is 11.3 Å². The van der Waals surface area contributed by atoms with Crippen LogP contribution >= 0.6 is 11.3 Å². The fourth-order valence-electron chi connectivity index (χ4n) is 3.15. The summed E-state index contributed by atoms with van der Waals surface area (Å²) in [4.78, 5) is 25.6. The van der Waals surface area contributed by atoms with Crippen LogP contribution in [-0.4, -0.2) is 15.0 Å². The quantitative estimate of drug-likeness (QED) is 0.511. The van der Waals surface area contributed by atoms with E-state index in [9.17, 15) is 9.59 Å². The Morgan fingerprint density at radius 3 is 2.38 bits per heavy atom. The number of pyridine rings is 1. The standard InChI is InChI=1S/C23H21N3O2S/c27-22-7-1-2-12-26(22)16-19-10-8-18(9-11-19)15-24-23(28)21-6-3-13-25(21)17-20-5-4-14-29-20/h1-14H,15-17H2,(H,24,28). The summed E-state index contributed by atoms with van der Waals surface area (Å²) in [5.74, 6) is -0.0912. The van der Waals surface area contributed by atoms with Crippen LogP contribution in [0.3, 0.4) is 0 Å². The topological polar surface area (TPSA) is 56.0 Å². The van der Waals surface area contributed by atoms with Crippen molar-refractivity contribution in [2.75, 3.05) is 0 Å². The molecule has 0 aliphatic heterocycles. The van der Waals surface area contributed by atoms with Crippen molar-refractivity contribution in [2.45, 2.75) is 19.6 Å². The molecule has 1 aromatic carbocycles. The van der Waals surface area contributed by atoms with Crippen molar-refractivity contribution in [3.63, 3.8) is 0 Å². The molecule has 4 aromatic rings. The SMILES string of the molecule is O=C(NCc1ccc(Cn2ccccc2=O)cc1)c1cccn1Cc1cccs1. The van der Waals surface area contributed by atoms with Crippen molar-refractivity contribution >= 4 is 17.2 Å². The lowest BCUT2D eigenvalue weighted by molar-refractivity contribution is 0.0942. The highest BCUT2D eigenvalue weighted by Gasteiger charge is 2.11. The third-order valence-corrected chi connectivity index (χ3v) is 5.56. The molecule has 0 spiro atoms. The molecule has 0 atom stereocenters. The number of hydrogen-bond acceptors (Lipinski definition) is 3. The largest absolute Gasteiger partial charge is 0.347 e. The third kappa shape index (κ3) is 4.73. The Hall–Kier alpha value is -3.38. The van der Waals surface area contributed by atoms with Crippen molar-refractivity contribution in [1.82, 2.24) is 14.5 Å². The number of hydrogen-bond donors (Lipinski definition) is 1. The van der Waals surface area contributed by atoms with Gasteiger partial charge in [0.05, 0.1) is 13.1 Å². The molecular formula is C23H21N3O2S. The van der Waals surface area contributed by atoms with E-state index in [1.807, 2.05) is 64.7 Å². The summed E-state index contributed by atoms with van der Waals surface area (Å²) in [5, 5.41) is 5.03. The van der Waals surface area contributed by atoms with Crippen LogP contribution in [0, 0.1) is 0 Å². The number of carbonyl (C=O) groups excluding carboxylic acids is 1. The zero-order valence-corrected chi connectivity index (χ0v) is 16.6. The highest BCUT2D eigenvalue weighted by atomic mass is 32.1. The summed E-state index contributed by atoms with van der Waals surface area (Å²) >= 11 is 1.68. The van der Waals surface area contributed by atoms with Crippen LogP contribution < -0.4 is 10.9 Å². The van der Waals surface area contributed by atoms with E-state index < -0.39 is 0 Å². The summed E-state index contributed by atoms with van der Waals surface area (Å²) in [6.45, 7) is 1.68. The highest BCUT2D eigenvalue weighted by molar-refractivity contribution is 7.09. The predicted octanol–water partition coefficient (Wildman–Crippen LogP) is 3.74. The van der Waals surface area contributed by atoms with E-state index in [1.54, 1.807) is 34.2 Å². The second kappa shape index (κ2) is 8.75. The minimum Gasteiger partial charge on any atom is -0.347 e. The summed E-state index contributed by atoms with van der Waals surface area (Å²) in [6, 6.07) is 20.9. The van der Waals surface area contributed by atoms with Gasteiger partial charge in [0.25, 0.3) is 11.5 Å². The van der Waals surface area contributed by atoms with Crippen molar-refractivity contribution < 1.29 is 4.79 Å². The zero-order valence-electron chi connectivity index (χ0n) is 15.8. The van der Waals surface area contributed by atoms with Gasteiger partial charge in [-0.05, 0) is 40.8 Å². The molecule has 3 heterocycles. The molecule has 0 aliphatic rings. The molecule has 6 heteroatoms. The molecule has 4 rings (SSSR count). The fraction of sp³-hybridized carbons (Fsp3) is 0.130. The van der Waals surface area contributed by atoms with Crippen LogP contribution in [-0.2, 0) is 19.6 Å². The Bertz CT molecular complexity index is 1140. The second-order valence-electron chi connectivity index (χ2n) is 6.77. The van der Waals surface area contributed by atoms with Crippen LogP contribution in [0.4, 0.5) is 0 Å². The molecule has 5 nitrogen and oxygen atoms in total. The van der Waals surface area contributed by atoms with Gasteiger partial charge in [-0.3, -0.25) is 9.59 Å². The summed E-state index contributed by atoms with van der Waals surface area (Å²) < 4.78 is 3.63. The second-order valence-corrected chi connectivity index (χ2v) is 7.80. The van der Waals surface area contributed by atoms with E-state index in [1.165, 1.54) is 4.88 Å². The first kappa shape index (κ1) is 19.0. The molecule has 0 bridgehead atoms. The molecule has 0 radical (unpaired) electrons. The third-order valence-electron chi connectivity index (χ3n) is 4.70. The average Bonchev–Trinajstić information content (AvgIpc) is 3.41. The first-order valence-corrected chi connectivity index (χ1v) is 10.3. The molecule has 29 heavy (non-hydrogen) atoms.